The van der Waals surface area contributed by atoms with Crippen molar-refractivity contribution in [1.82, 2.24) is 4.67 Å². The molecule has 0 unspecified atom stereocenters. The van der Waals surface area contributed by atoms with E-state index in [0.29, 0.717) is 0 Å². The van der Waals surface area contributed by atoms with Crippen LogP contribution in [0.2, 0.25) is 0 Å². The normalized spacial score (nSPS) is 18.9. The molecule has 2 aromatic rings. The predicted molar refractivity (Wildman–Crippen MR) is 105 cm³/mol. The monoisotopic (exact) mass is 385 g/mol. The Bertz CT molecular complexity index is 855. The van der Waals surface area contributed by atoms with Gasteiger partial charge in [0.15, 0.2) is 0 Å². The number of methoxy groups -OCH3 is 2. The van der Waals surface area contributed by atoms with Crippen LogP contribution in [0, 0.1) is 0 Å². The van der Waals surface area contributed by atoms with Crippen molar-refractivity contribution in [3.8, 4) is 23.0 Å². The lowest BCUT2D eigenvalue weighted by molar-refractivity contribution is 0.383. The zero-order chi connectivity index (χ0) is 18.8. The zero-order valence-electron chi connectivity index (χ0n) is 16.2. The molecule has 2 aromatic carbocycles. The average molecular weight is 385 g/mol. The van der Waals surface area contributed by atoms with Gasteiger partial charge in [-0.05, 0) is 64.0 Å². The van der Waals surface area contributed by atoms with E-state index in [9.17, 15) is 0 Å². The second-order valence-corrected chi connectivity index (χ2v) is 9.23. The van der Waals surface area contributed by atoms with Crippen LogP contribution < -0.4 is 18.5 Å². The predicted octanol–water partition coefficient (Wildman–Crippen LogP) is 4.44. The molecule has 0 amide bonds. The summed E-state index contributed by atoms with van der Waals surface area (Å²) in [7, 11) is 6.25. The van der Waals surface area contributed by atoms with Crippen LogP contribution in [0.3, 0.4) is 0 Å². The van der Waals surface area contributed by atoms with Crippen LogP contribution in [-0.4, -0.2) is 33.0 Å². The minimum atomic E-state index is -1.23. The first-order chi connectivity index (χ1) is 13.1. The van der Waals surface area contributed by atoms with Gasteiger partial charge in [-0.3, -0.25) is 0 Å². The molecule has 1 heterocycles. The van der Waals surface area contributed by atoms with Crippen molar-refractivity contribution in [2.45, 2.75) is 31.1 Å². The number of benzene rings is 2. The molecule has 0 atom stereocenters. The third-order valence-electron chi connectivity index (χ3n) is 6.14. The molecule has 0 saturated carbocycles. The molecule has 6 heteroatoms. The first kappa shape index (κ1) is 17.2. The van der Waals surface area contributed by atoms with Crippen LogP contribution in [0.15, 0.2) is 24.3 Å². The fourth-order valence-electron chi connectivity index (χ4n) is 5.07. The largest absolute Gasteiger partial charge is 0.496 e. The van der Waals surface area contributed by atoms with Gasteiger partial charge in [-0.25, -0.2) is 4.67 Å². The van der Waals surface area contributed by atoms with Crippen molar-refractivity contribution < 1.29 is 18.5 Å². The van der Waals surface area contributed by atoms with Gasteiger partial charge in [0, 0.05) is 27.7 Å². The maximum absolute atomic E-state index is 6.43. The molecule has 5 nitrogen and oxygen atoms in total. The lowest BCUT2D eigenvalue weighted by Crippen LogP contribution is -2.26. The molecular weight excluding hydrogens is 361 g/mol. The smallest absolute Gasteiger partial charge is 0.384 e. The second-order valence-electron chi connectivity index (χ2n) is 7.59. The van der Waals surface area contributed by atoms with E-state index in [1.54, 1.807) is 14.2 Å². The molecule has 2 aliphatic carbocycles. The summed E-state index contributed by atoms with van der Waals surface area (Å²) in [5.74, 6) is 3.79. The van der Waals surface area contributed by atoms with Crippen molar-refractivity contribution in [2.75, 3.05) is 28.3 Å². The summed E-state index contributed by atoms with van der Waals surface area (Å²) in [6.45, 7) is 0. The lowest BCUT2D eigenvalue weighted by atomic mass is 9.75. The fraction of sp³-hybridized carbons (Fsp3) is 0.429. The standard InChI is InChI=1S/C21H24NO4P/c1-22(2)27-25-17-7-5-15(23-3)13-9-11-21(19(13)17)12-10-14-16(24-4)6-8-18(26-27)20(14)21/h5-8H,9-12H2,1-4H3. The van der Waals surface area contributed by atoms with E-state index in [1.807, 2.05) is 30.9 Å². The molecule has 0 bridgehead atoms. The average Bonchev–Trinajstić information content (AvgIpc) is 3.23. The van der Waals surface area contributed by atoms with Crippen molar-refractivity contribution in [1.29, 1.82) is 0 Å². The minimum Gasteiger partial charge on any atom is -0.496 e. The van der Waals surface area contributed by atoms with Crippen molar-refractivity contribution in [2.24, 2.45) is 0 Å². The van der Waals surface area contributed by atoms with Gasteiger partial charge in [0.25, 0.3) is 0 Å². The highest BCUT2D eigenvalue weighted by atomic mass is 31.2. The zero-order valence-corrected chi connectivity index (χ0v) is 17.1. The molecule has 1 spiro atoms. The minimum absolute atomic E-state index is 0.0772. The summed E-state index contributed by atoms with van der Waals surface area (Å²) >= 11 is 0. The van der Waals surface area contributed by atoms with Crippen LogP contribution in [0.4, 0.5) is 0 Å². The van der Waals surface area contributed by atoms with Gasteiger partial charge < -0.3 is 18.5 Å². The highest BCUT2D eigenvalue weighted by Crippen LogP contribution is 2.63. The Morgan fingerprint density at radius 3 is 1.74 bits per heavy atom. The molecule has 27 heavy (non-hydrogen) atoms. The molecule has 5 rings (SSSR count). The Labute approximate surface area is 161 Å². The van der Waals surface area contributed by atoms with E-state index < -0.39 is 8.53 Å². The first-order valence-corrected chi connectivity index (χ1v) is 10.5. The van der Waals surface area contributed by atoms with Gasteiger partial charge in [0.1, 0.15) is 23.0 Å². The van der Waals surface area contributed by atoms with E-state index >= 15 is 0 Å². The fourth-order valence-corrected chi connectivity index (χ4v) is 6.08. The van der Waals surface area contributed by atoms with E-state index in [4.69, 9.17) is 18.5 Å². The summed E-state index contributed by atoms with van der Waals surface area (Å²) in [6.07, 6.45) is 4.09. The van der Waals surface area contributed by atoms with E-state index in [-0.39, 0.29) is 5.41 Å². The molecular formula is C21H24NO4P. The highest BCUT2D eigenvalue weighted by molar-refractivity contribution is 7.45. The molecule has 0 fully saturated rings. The van der Waals surface area contributed by atoms with E-state index in [2.05, 4.69) is 12.1 Å². The van der Waals surface area contributed by atoms with Crippen LogP contribution in [0.1, 0.15) is 35.1 Å². The quantitative estimate of drug-likeness (QED) is 0.731. The summed E-state index contributed by atoms with van der Waals surface area (Å²) < 4.78 is 26.3. The highest BCUT2D eigenvalue weighted by Gasteiger charge is 2.52. The van der Waals surface area contributed by atoms with Gasteiger partial charge in [0.05, 0.1) is 14.2 Å². The Morgan fingerprint density at radius 2 is 1.33 bits per heavy atom. The molecule has 3 aliphatic rings. The lowest BCUT2D eigenvalue weighted by Gasteiger charge is -2.35. The first-order valence-electron chi connectivity index (χ1n) is 9.33. The van der Waals surface area contributed by atoms with Crippen molar-refractivity contribution in [3.63, 3.8) is 0 Å². The maximum Gasteiger partial charge on any atom is 0.384 e. The van der Waals surface area contributed by atoms with Crippen LogP contribution in [0.5, 0.6) is 23.0 Å². The molecule has 0 saturated heterocycles. The SMILES string of the molecule is COc1ccc2c3c1CCC31CCc3c(OC)ccc(c31)OP(N(C)C)O2. The topological polar surface area (TPSA) is 40.2 Å². The number of rotatable bonds is 3. The van der Waals surface area contributed by atoms with Gasteiger partial charge in [0.2, 0.25) is 0 Å². The third kappa shape index (κ3) is 2.25. The third-order valence-corrected chi connectivity index (χ3v) is 7.50. The number of nitrogens with zero attached hydrogens (tertiary/aromatic N) is 1. The van der Waals surface area contributed by atoms with E-state index in [0.717, 1.165) is 48.7 Å². The van der Waals surface area contributed by atoms with Crippen molar-refractivity contribution in [3.05, 3.63) is 46.5 Å². The Hall–Kier alpha value is -1.97. The molecule has 0 radical (unpaired) electrons. The maximum atomic E-state index is 6.43. The van der Waals surface area contributed by atoms with E-state index in [1.165, 1.54) is 22.3 Å². The number of hydrogen-bond donors (Lipinski definition) is 0. The second kappa shape index (κ2) is 6.02. The van der Waals surface area contributed by atoms with Crippen LogP contribution in [0.25, 0.3) is 0 Å². The molecule has 142 valence electrons. The Balaban J connectivity index is 1.83. The molecule has 0 aromatic heterocycles. The van der Waals surface area contributed by atoms with Gasteiger partial charge in [-0.15, -0.1) is 0 Å². The van der Waals surface area contributed by atoms with Crippen LogP contribution in [-0.2, 0) is 18.3 Å². The molecule has 1 aliphatic heterocycles. The summed E-state index contributed by atoms with van der Waals surface area (Å²) in [6, 6.07) is 8.16. The summed E-state index contributed by atoms with van der Waals surface area (Å²) in [5, 5.41) is 0. The van der Waals surface area contributed by atoms with Gasteiger partial charge in [-0.2, -0.15) is 0 Å². The summed E-state index contributed by atoms with van der Waals surface area (Å²) in [5.41, 5.74) is 5.09. The summed E-state index contributed by atoms with van der Waals surface area (Å²) in [4.78, 5) is 0. The van der Waals surface area contributed by atoms with Gasteiger partial charge in [-0.1, -0.05) is 0 Å². The Morgan fingerprint density at radius 1 is 0.852 bits per heavy atom. The molecule has 0 N–H and O–H groups in total. The van der Waals surface area contributed by atoms with Crippen LogP contribution >= 0.6 is 8.53 Å². The van der Waals surface area contributed by atoms with Gasteiger partial charge >= 0.3 is 8.53 Å². The number of hydrogen-bond acceptors (Lipinski definition) is 5. The van der Waals surface area contributed by atoms with Crippen molar-refractivity contribution >= 4 is 8.53 Å². The number of ether oxygens (including phenoxy) is 2. The Kier molecular flexibility index (Phi) is 3.82.